The number of para-hydroxylation sites is 2. The van der Waals surface area contributed by atoms with Gasteiger partial charge in [0.05, 0.1) is 17.3 Å². The summed E-state index contributed by atoms with van der Waals surface area (Å²) in [6, 6.07) is 11.3. The molecule has 1 atom stereocenters. The standard InChI is InChI=1S/C15H14N2O2S/c1-10(13-7-4-8-20-13)15(19)17-9-14(18)16-11-5-2-3-6-12(11)17/h2-8,10H,9H2,1H3,(H,16,18). The highest BCUT2D eigenvalue weighted by Crippen LogP contribution is 2.32. The second-order valence-corrected chi connectivity index (χ2v) is 5.71. The molecule has 4 nitrogen and oxygen atoms in total. The van der Waals surface area contributed by atoms with E-state index in [1.807, 2.05) is 48.7 Å². The van der Waals surface area contributed by atoms with Gasteiger partial charge in [-0.05, 0) is 30.5 Å². The Hall–Kier alpha value is -2.14. The monoisotopic (exact) mass is 286 g/mol. The first-order valence-electron chi connectivity index (χ1n) is 6.40. The summed E-state index contributed by atoms with van der Waals surface area (Å²) in [5, 5.41) is 4.74. The number of anilines is 2. The molecule has 1 N–H and O–H groups in total. The van der Waals surface area contributed by atoms with Crippen LogP contribution in [0.1, 0.15) is 17.7 Å². The van der Waals surface area contributed by atoms with Gasteiger partial charge in [0.15, 0.2) is 0 Å². The minimum atomic E-state index is -0.242. The van der Waals surface area contributed by atoms with Crippen LogP contribution in [0, 0.1) is 0 Å². The summed E-state index contributed by atoms with van der Waals surface area (Å²) < 4.78 is 0. The maximum absolute atomic E-state index is 12.7. The van der Waals surface area contributed by atoms with Gasteiger partial charge in [-0.3, -0.25) is 9.59 Å². The number of nitrogens with zero attached hydrogens (tertiary/aromatic N) is 1. The zero-order valence-electron chi connectivity index (χ0n) is 11.0. The van der Waals surface area contributed by atoms with E-state index in [9.17, 15) is 9.59 Å². The predicted molar refractivity (Wildman–Crippen MR) is 80.2 cm³/mol. The fourth-order valence-corrected chi connectivity index (χ4v) is 3.10. The van der Waals surface area contributed by atoms with Gasteiger partial charge in [-0.2, -0.15) is 0 Å². The molecule has 0 bridgehead atoms. The van der Waals surface area contributed by atoms with Crippen molar-refractivity contribution in [1.82, 2.24) is 0 Å². The van der Waals surface area contributed by atoms with Gasteiger partial charge in [-0.25, -0.2) is 0 Å². The van der Waals surface area contributed by atoms with Crippen LogP contribution in [-0.4, -0.2) is 18.4 Å². The van der Waals surface area contributed by atoms with Crippen molar-refractivity contribution in [2.24, 2.45) is 0 Å². The number of nitrogens with one attached hydrogen (secondary N) is 1. The van der Waals surface area contributed by atoms with Crippen LogP contribution in [0.15, 0.2) is 41.8 Å². The van der Waals surface area contributed by atoms with Crippen LogP contribution in [0.25, 0.3) is 0 Å². The van der Waals surface area contributed by atoms with E-state index in [0.717, 1.165) is 10.6 Å². The smallest absolute Gasteiger partial charge is 0.244 e. The number of rotatable bonds is 2. The lowest BCUT2D eigenvalue weighted by molar-refractivity contribution is -0.122. The lowest BCUT2D eigenvalue weighted by Gasteiger charge is -2.30. The molecule has 20 heavy (non-hydrogen) atoms. The molecule has 102 valence electrons. The molecular weight excluding hydrogens is 272 g/mol. The van der Waals surface area contributed by atoms with E-state index in [2.05, 4.69) is 5.32 Å². The zero-order chi connectivity index (χ0) is 14.1. The van der Waals surface area contributed by atoms with E-state index in [1.54, 1.807) is 16.2 Å². The van der Waals surface area contributed by atoms with Gasteiger partial charge in [0.1, 0.15) is 6.54 Å². The minimum absolute atomic E-state index is 0.0465. The molecule has 2 amide bonds. The Bertz CT molecular complexity index is 652. The first-order valence-corrected chi connectivity index (χ1v) is 7.28. The Morgan fingerprint density at radius 2 is 2.10 bits per heavy atom. The lowest BCUT2D eigenvalue weighted by atomic mass is 10.1. The normalized spacial score (nSPS) is 15.4. The molecule has 0 aliphatic carbocycles. The average Bonchev–Trinajstić information content (AvgIpc) is 2.99. The molecule has 0 saturated heterocycles. The van der Waals surface area contributed by atoms with Gasteiger partial charge < -0.3 is 10.2 Å². The van der Waals surface area contributed by atoms with Crippen molar-refractivity contribution in [2.75, 3.05) is 16.8 Å². The number of fused-ring (bicyclic) bond motifs is 1. The molecule has 5 heteroatoms. The number of hydrogen-bond acceptors (Lipinski definition) is 3. The number of benzene rings is 1. The van der Waals surface area contributed by atoms with Crippen LogP contribution < -0.4 is 10.2 Å². The van der Waals surface area contributed by atoms with Crippen molar-refractivity contribution in [2.45, 2.75) is 12.8 Å². The van der Waals surface area contributed by atoms with Gasteiger partial charge in [-0.1, -0.05) is 18.2 Å². The molecular formula is C15H14N2O2S. The SMILES string of the molecule is CC(C(=O)N1CC(=O)Nc2ccccc21)c1cccs1. The Labute approximate surface area is 121 Å². The largest absolute Gasteiger partial charge is 0.323 e. The van der Waals surface area contributed by atoms with E-state index >= 15 is 0 Å². The van der Waals surface area contributed by atoms with Crippen molar-refractivity contribution < 1.29 is 9.59 Å². The number of carbonyl (C=O) groups excluding carboxylic acids is 2. The third-order valence-corrected chi connectivity index (χ3v) is 4.43. The summed E-state index contributed by atoms with van der Waals surface area (Å²) in [5.41, 5.74) is 1.45. The molecule has 2 aromatic rings. The Morgan fingerprint density at radius 1 is 1.30 bits per heavy atom. The fourth-order valence-electron chi connectivity index (χ4n) is 2.32. The summed E-state index contributed by atoms with van der Waals surface area (Å²) in [6.45, 7) is 1.95. The summed E-state index contributed by atoms with van der Waals surface area (Å²) in [4.78, 5) is 27.0. The third kappa shape index (κ3) is 2.20. The van der Waals surface area contributed by atoms with Crippen LogP contribution in [-0.2, 0) is 9.59 Å². The summed E-state index contributed by atoms with van der Waals surface area (Å²) >= 11 is 1.56. The van der Waals surface area contributed by atoms with Crippen molar-refractivity contribution in [3.05, 3.63) is 46.7 Å². The van der Waals surface area contributed by atoms with Gasteiger partial charge in [0.2, 0.25) is 11.8 Å². The molecule has 0 fully saturated rings. The Balaban J connectivity index is 1.94. The van der Waals surface area contributed by atoms with E-state index in [-0.39, 0.29) is 24.3 Å². The van der Waals surface area contributed by atoms with Gasteiger partial charge in [-0.15, -0.1) is 11.3 Å². The Kier molecular flexibility index (Phi) is 3.28. The molecule has 0 saturated carbocycles. The highest BCUT2D eigenvalue weighted by atomic mass is 32.1. The van der Waals surface area contributed by atoms with Crippen LogP contribution >= 0.6 is 11.3 Å². The first-order chi connectivity index (χ1) is 9.66. The van der Waals surface area contributed by atoms with E-state index in [4.69, 9.17) is 0 Å². The molecule has 1 aromatic carbocycles. The summed E-state index contributed by atoms with van der Waals surface area (Å²) in [7, 11) is 0. The van der Waals surface area contributed by atoms with Crippen molar-refractivity contribution in [3.63, 3.8) is 0 Å². The van der Waals surface area contributed by atoms with Crippen molar-refractivity contribution in [3.8, 4) is 0 Å². The van der Waals surface area contributed by atoms with Gasteiger partial charge >= 0.3 is 0 Å². The minimum Gasteiger partial charge on any atom is -0.323 e. The van der Waals surface area contributed by atoms with Gasteiger partial charge in [0, 0.05) is 4.88 Å². The van der Waals surface area contributed by atoms with Crippen LogP contribution in [0.2, 0.25) is 0 Å². The number of thiophene rings is 1. The summed E-state index contributed by atoms with van der Waals surface area (Å²) in [6.07, 6.45) is 0. The zero-order valence-corrected chi connectivity index (χ0v) is 11.8. The van der Waals surface area contributed by atoms with Crippen molar-refractivity contribution >= 4 is 34.5 Å². The lowest BCUT2D eigenvalue weighted by Crippen LogP contribution is -2.43. The van der Waals surface area contributed by atoms with Crippen LogP contribution in [0.3, 0.4) is 0 Å². The fraction of sp³-hybridized carbons (Fsp3) is 0.200. The first kappa shape index (κ1) is 12.9. The average molecular weight is 286 g/mol. The van der Waals surface area contributed by atoms with Gasteiger partial charge in [0.25, 0.3) is 0 Å². The molecule has 0 spiro atoms. The third-order valence-electron chi connectivity index (χ3n) is 3.38. The molecule has 0 radical (unpaired) electrons. The van der Waals surface area contributed by atoms with Crippen LogP contribution in [0.4, 0.5) is 11.4 Å². The molecule has 2 heterocycles. The number of amides is 2. The Morgan fingerprint density at radius 3 is 2.85 bits per heavy atom. The summed E-state index contributed by atoms with van der Waals surface area (Å²) in [5.74, 6) is -0.445. The van der Waals surface area contributed by atoms with E-state index in [1.165, 1.54) is 0 Å². The molecule has 1 unspecified atom stereocenters. The quantitative estimate of drug-likeness (QED) is 0.923. The van der Waals surface area contributed by atoms with E-state index in [0.29, 0.717) is 5.69 Å². The maximum Gasteiger partial charge on any atom is 0.244 e. The van der Waals surface area contributed by atoms with E-state index < -0.39 is 0 Å². The van der Waals surface area contributed by atoms with Crippen molar-refractivity contribution in [1.29, 1.82) is 0 Å². The molecule has 1 aliphatic heterocycles. The number of carbonyl (C=O) groups is 2. The maximum atomic E-state index is 12.7. The highest BCUT2D eigenvalue weighted by Gasteiger charge is 2.30. The molecule has 1 aromatic heterocycles. The highest BCUT2D eigenvalue weighted by molar-refractivity contribution is 7.10. The van der Waals surface area contributed by atoms with Crippen LogP contribution in [0.5, 0.6) is 0 Å². The number of hydrogen-bond donors (Lipinski definition) is 1. The molecule has 3 rings (SSSR count). The topological polar surface area (TPSA) is 49.4 Å². The second-order valence-electron chi connectivity index (χ2n) is 4.73. The second kappa shape index (κ2) is 5.09. The molecule has 1 aliphatic rings. The predicted octanol–water partition coefficient (Wildman–Crippen LogP) is 2.84.